The molecule has 0 bridgehead atoms. The van der Waals surface area contributed by atoms with E-state index in [-0.39, 0.29) is 18.0 Å². The molecule has 0 saturated carbocycles. The van der Waals surface area contributed by atoms with Gasteiger partial charge in [0.1, 0.15) is 12.4 Å². The zero-order valence-corrected chi connectivity index (χ0v) is 14.3. The quantitative estimate of drug-likeness (QED) is 0.808. The number of hydrogen-bond acceptors (Lipinski definition) is 5. The van der Waals surface area contributed by atoms with Crippen LogP contribution in [-0.2, 0) is 16.0 Å². The number of carboxylic acid groups (broad SMARTS) is 1. The van der Waals surface area contributed by atoms with Gasteiger partial charge in [-0.2, -0.15) is 0 Å². The fourth-order valence-electron chi connectivity index (χ4n) is 2.42. The van der Waals surface area contributed by atoms with E-state index in [1.165, 1.54) is 4.90 Å². The molecule has 8 heteroatoms. The van der Waals surface area contributed by atoms with Crippen LogP contribution in [0.2, 0.25) is 0 Å². The lowest BCUT2D eigenvalue weighted by atomic mass is 10.1. The number of nitrogens with one attached hydrogen (secondary N) is 1. The molecule has 2 aromatic rings. The molecule has 2 aromatic heterocycles. The topological polar surface area (TPSA) is 116 Å². The Labute approximate surface area is 144 Å². The number of aliphatic carboxylic acids is 1. The van der Waals surface area contributed by atoms with Crippen LogP contribution in [0.15, 0.2) is 29.3 Å². The van der Waals surface area contributed by atoms with Gasteiger partial charge in [0.05, 0.1) is 6.42 Å². The number of carbonyl (C=O) groups excluding carboxylic acids is 1. The molecule has 0 atom stereocenters. The molecular weight excluding hydrogens is 324 g/mol. The van der Waals surface area contributed by atoms with E-state index < -0.39 is 24.0 Å². The Bertz CT molecular complexity index is 830. The number of aromatic amines is 1. The van der Waals surface area contributed by atoms with E-state index in [4.69, 9.17) is 5.11 Å². The van der Waals surface area contributed by atoms with E-state index in [9.17, 15) is 14.4 Å². The van der Waals surface area contributed by atoms with Crippen LogP contribution in [0.1, 0.15) is 25.1 Å². The van der Waals surface area contributed by atoms with Crippen molar-refractivity contribution in [3.05, 3.63) is 46.1 Å². The Morgan fingerprint density at radius 1 is 1.28 bits per heavy atom. The molecule has 0 aliphatic carbocycles. The van der Waals surface area contributed by atoms with Crippen molar-refractivity contribution in [1.82, 2.24) is 19.9 Å². The number of aromatic nitrogens is 3. The summed E-state index contributed by atoms with van der Waals surface area (Å²) >= 11 is 0. The Hall–Kier alpha value is -3.03. The number of rotatable bonds is 6. The standard InChI is InChI=1S/C17H20N4O4/c1-10(2)21(9-15(23)24)14(22)8-13-11(3)19-16(20-17(13)25)12-4-6-18-7-5-12/h4-7,10H,8-9H2,1-3H3,(H,23,24)(H,19,20,25). The number of aryl methyl sites for hydroxylation is 1. The second-order valence-electron chi connectivity index (χ2n) is 5.90. The summed E-state index contributed by atoms with van der Waals surface area (Å²) in [6.07, 6.45) is 2.99. The highest BCUT2D eigenvalue weighted by atomic mass is 16.4. The molecule has 2 rings (SSSR count). The highest BCUT2D eigenvalue weighted by Crippen LogP contribution is 2.14. The normalized spacial score (nSPS) is 10.7. The fraction of sp³-hybridized carbons (Fsp3) is 0.353. The lowest BCUT2D eigenvalue weighted by Crippen LogP contribution is -2.42. The van der Waals surface area contributed by atoms with Gasteiger partial charge in [0, 0.05) is 35.3 Å². The second kappa shape index (κ2) is 7.69. The molecule has 0 aromatic carbocycles. The minimum absolute atomic E-state index is 0.198. The van der Waals surface area contributed by atoms with Crippen molar-refractivity contribution < 1.29 is 14.7 Å². The van der Waals surface area contributed by atoms with Gasteiger partial charge in [-0.25, -0.2) is 4.98 Å². The number of nitrogens with zero attached hydrogens (tertiary/aromatic N) is 3. The first kappa shape index (κ1) is 18.3. The first-order valence-corrected chi connectivity index (χ1v) is 7.81. The van der Waals surface area contributed by atoms with Gasteiger partial charge in [-0.15, -0.1) is 0 Å². The third kappa shape index (κ3) is 4.50. The monoisotopic (exact) mass is 344 g/mol. The van der Waals surface area contributed by atoms with Crippen LogP contribution in [0.4, 0.5) is 0 Å². The maximum absolute atomic E-state index is 12.4. The van der Waals surface area contributed by atoms with E-state index in [2.05, 4.69) is 15.0 Å². The van der Waals surface area contributed by atoms with Gasteiger partial charge >= 0.3 is 5.97 Å². The molecule has 0 unspecified atom stereocenters. The van der Waals surface area contributed by atoms with Crippen molar-refractivity contribution in [1.29, 1.82) is 0 Å². The fourth-order valence-corrected chi connectivity index (χ4v) is 2.42. The SMILES string of the molecule is Cc1nc(-c2ccncc2)[nH]c(=O)c1CC(=O)N(CC(=O)O)C(C)C. The molecule has 2 N–H and O–H groups in total. The minimum atomic E-state index is -1.10. The number of carbonyl (C=O) groups is 2. The minimum Gasteiger partial charge on any atom is -0.480 e. The predicted octanol–water partition coefficient (Wildman–Crippen LogP) is 1.00. The molecule has 1 amide bonds. The van der Waals surface area contributed by atoms with E-state index in [1.54, 1.807) is 45.3 Å². The zero-order chi connectivity index (χ0) is 18.6. The van der Waals surface area contributed by atoms with Gasteiger partial charge in [-0.1, -0.05) is 0 Å². The van der Waals surface area contributed by atoms with Crippen LogP contribution in [0.5, 0.6) is 0 Å². The zero-order valence-electron chi connectivity index (χ0n) is 14.3. The highest BCUT2D eigenvalue weighted by molar-refractivity contribution is 5.83. The maximum Gasteiger partial charge on any atom is 0.323 e. The van der Waals surface area contributed by atoms with Gasteiger partial charge in [0.25, 0.3) is 5.56 Å². The average molecular weight is 344 g/mol. The summed E-state index contributed by atoms with van der Waals surface area (Å²) in [5.74, 6) is -1.13. The Morgan fingerprint density at radius 2 is 1.92 bits per heavy atom. The summed E-state index contributed by atoms with van der Waals surface area (Å²) in [5.41, 5.74) is 0.969. The summed E-state index contributed by atoms with van der Waals surface area (Å²) in [5, 5.41) is 8.94. The third-order valence-corrected chi connectivity index (χ3v) is 3.75. The van der Waals surface area contributed by atoms with Gasteiger partial charge in [-0.3, -0.25) is 19.4 Å². The summed E-state index contributed by atoms with van der Waals surface area (Å²) in [6.45, 7) is 4.70. The Kier molecular flexibility index (Phi) is 5.63. The average Bonchev–Trinajstić information content (AvgIpc) is 2.56. The lowest BCUT2D eigenvalue weighted by Gasteiger charge is -2.25. The third-order valence-electron chi connectivity index (χ3n) is 3.75. The van der Waals surface area contributed by atoms with Crippen LogP contribution >= 0.6 is 0 Å². The van der Waals surface area contributed by atoms with Gasteiger partial charge < -0.3 is 15.0 Å². The predicted molar refractivity (Wildman–Crippen MR) is 91.0 cm³/mol. The first-order chi connectivity index (χ1) is 11.8. The van der Waals surface area contributed by atoms with Crippen molar-refractivity contribution in [2.45, 2.75) is 33.2 Å². The lowest BCUT2D eigenvalue weighted by molar-refractivity contribution is -0.145. The molecule has 0 spiro atoms. The molecule has 132 valence electrons. The molecule has 0 fully saturated rings. The summed E-state index contributed by atoms with van der Waals surface area (Å²) in [4.78, 5) is 47.9. The Morgan fingerprint density at radius 3 is 2.44 bits per heavy atom. The summed E-state index contributed by atoms with van der Waals surface area (Å²) in [7, 11) is 0. The van der Waals surface area contributed by atoms with E-state index in [0.29, 0.717) is 17.1 Å². The highest BCUT2D eigenvalue weighted by Gasteiger charge is 2.22. The van der Waals surface area contributed by atoms with E-state index >= 15 is 0 Å². The van der Waals surface area contributed by atoms with E-state index in [0.717, 1.165) is 0 Å². The molecule has 0 radical (unpaired) electrons. The number of pyridine rings is 1. The van der Waals surface area contributed by atoms with Crippen molar-refractivity contribution in [3.63, 3.8) is 0 Å². The molecule has 0 aliphatic heterocycles. The van der Waals surface area contributed by atoms with Crippen LogP contribution in [0, 0.1) is 6.92 Å². The molecule has 0 saturated heterocycles. The van der Waals surface area contributed by atoms with Crippen LogP contribution in [0.3, 0.4) is 0 Å². The maximum atomic E-state index is 12.4. The summed E-state index contributed by atoms with van der Waals surface area (Å²) < 4.78 is 0. The number of amides is 1. The summed E-state index contributed by atoms with van der Waals surface area (Å²) in [6, 6.07) is 3.15. The first-order valence-electron chi connectivity index (χ1n) is 7.81. The molecule has 2 heterocycles. The number of carboxylic acids is 1. The van der Waals surface area contributed by atoms with Crippen LogP contribution < -0.4 is 5.56 Å². The number of hydrogen-bond donors (Lipinski definition) is 2. The molecule has 25 heavy (non-hydrogen) atoms. The van der Waals surface area contributed by atoms with E-state index in [1.807, 2.05) is 0 Å². The second-order valence-corrected chi connectivity index (χ2v) is 5.90. The van der Waals surface area contributed by atoms with Gasteiger partial charge in [0.2, 0.25) is 5.91 Å². The van der Waals surface area contributed by atoms with Gasteiger partial charge in [-0.05, 0) is 32.9 Å². The van der Waals surface area contributed by atoms with Crippen molar-refractivity contribution in [2.24, 2.45) is 0 Å². The van der Waals surface area contributed by atoms with Crippen molar-refractivity contribution in [2.75, 3.05) is 6.54 Å². The molecular formula is C17H20N4O4. The van der Waals surface area contributed by atoms with Crippen molar-refractivity contribution in [3.8, 4) is 11.4 Å². The van der Waals surface area contributed by atoms with Crippen LogP contribution in [-0.4, -0.2) is 49.4 Å². The molecule has 0 aliphatic rings. The number of H-pyrrole nitrogens is 1. The van der Waals surface area contributed by atoms with Crippen LogP contribution in [0.25, 0.3) is 11.4 Å². The Balaban J connectivity index is 2.30. The smallest absolute Gasteiger partial charge is 0.323 e. The van der Waals surface area contributed by atoms with Gasteiger partial charge in [0.15, 0.2) is 0 Å². The molecule has 8 nitrogen and oxygen atoms in total. The largest absolute Gasteiger partial charge is 0.480 e. The van der Waals surface area contributed by atoms with Crippen molar-refractivity contribution >= 4 is 11.9 Å².